The Hall–Kier alpha value is -2.35. The number of hydrogen-bond donors (Lipinski definition) is 1. The molecule has 0 saturated carbocycles. The summed E-state index contributed by atoms with van der Waals surface area (Å²) in [7, 11) is 0. The Morgan fingerprint density at radius 2 is 2.26 bits per heavy atom. The van der Waals surface area contributed by atoms with Crippen molar-refractivity contribution in [2.24, 2.45) is 5.11 Å². The van der Waals surface area contributed by atoms with Crippen LogP contribution in [0.1, 0.15) is 18.1 Å². The molecule has 0 aliphatic rings. The molecule has 1 rings (SSSR count). The molecule has 0 aromatic heterocycles. The van der Waals surface area contributed by atoms with Crippen molar-refractivity contribution in [3.63, 3.8) is 0 Å². The predicted octanol–water partition coefficient (Wildman–Crippen LogP) is 2.72. The van der Waals surface area contributed by atoms with Gasteiger partial charge < -0.3 is 5.11 Å². The molecule has 0 amide bonds. The predicted molar refractivity (Wildman–Crippen MR) is 70.8 cm³/mol. The van der Waals surface area contributed by atoms with Gasteiger partial charge in [-0.05, 0) is 30.5 Å². The van der Waals surface area contributed by atoms with Crippen molar-refractivity contribution >= 4 is 11.5 Å². The van der Waals surface area contributed by atoms with E-state index in [-0.39, 0.29) is 13.0 Å². The van der Waals surface area contributed by atoms with Crippen molar-refractivity contribution in [3.05, 3.63) is 51.2 Å². The summed E-state index contributed by atoms with van der Waals surface area (Å²) in [5, 5.41) is 13.1. The molecule has 1 N–H and O–H groups in total. The normalized spacial score (nSPS) is 12.9. The summed E-state index contributed by atoms with van der Waals surface area (Å²) in [5.74, 6) is -0.421. The minimum atomic E-state index is -1.67. The van der Waals surface area contributed by atoms with Crippen molar-refractivity contribution in [1.82, 2.24) is 0 Å². The van der Waals surface area contributed by atoms with Crippen LogP contribution >= 0.6 is 0 Å². The Balaban J connectivity index is 2.85. The van der Waals surface area contributed by atoms with Gasteiger partial charge in [-0.15, -0.1) is 0 Å². The first-order chi connectivity index (χ1) is 8.90. The molecule has 1 aromatic carbocycles. The second-order valence-electron chi connectivity index (χ2n) is 4.50. The van der Waals surface area contributed by atoms with E-state index < -0.39 is 11.4 Å². The average Bonchev–Trinajstić information content (AvgIpc) is 2.36. The summed E-state index contributed by atoms with van der Waals surface area (Å²) in [5.41, 5.74) is 8.58. The van der Waals surface area contributed by atoms with Gasteiger partial charge in [-0.3, -0.25) is 4.79 Å². The lowest BCUT2D eigenvalue weighted by Gasteiger charge is -2.19. The lowest BCUT2D eigenvalue weighted by atomic mass is 9.94. The highest BCUT2D eigenvalue weighted by atomic mass is 16.3. The number of Topliss-reactive ketones (excluding diaryl/α,β-unsaturated/α-hetero) is 1. The van der Waals surface area contributed by atoms with Gasteiger partial charge in [-0.1, -0.05) is 23.3 Å². The van der Waals surface area contributed by atoms with Crippen LogP contribution in [0, 0.1) is 13.5 Å². The quantitative estimate of drug-likeness (QED) is 0.380. The Kier molecular flexibility index (Phi) is 4.65. The molecule has 1 aromatic rings. The number of aliphatic hydroxyl groups is 1. The van der Waals surface area contributed by atoms with Crippen LogP contribution in [0.2, 0.25) is 0 Å². The SMILES string of the molecule is [C-]#[N+]c1ccc(CC(=O)[C@@](C)(O)CN=[N+]=[N-])cc1C. The van der Waals surface area contributed by atoms with Crippen LogP contribution < -0.4 is 0 Å². The van der Waals surface area contributed by atoms with Gasteiger partial charge in [-0.25, -0.2) is 4.85 Å². The van der Waals surface area contributed by atoms with Crippen molar-refractivity contribution in [2.75, 3.05) is 6.54 Å². The lowest BCUT2D eigenvalue weighted by Crippen LogP contribution is -2.39. The zero-order chi connectivity index (χ0) is 14.5. The number of rotatable bonds is 5. The second kappa shape index (κ2) is 6.01. The van der Waals surface area contributed by atoms with Crippen LogP contribution in [0.25, 0.3) is 15.3 Å². The highest BCUT2D eigenvalue weighted by molar-refractivity contribution is 5.89. The molecule has 1 atom stereocenters. The lowest BCUT2D eigenvalue weighted by molar-refractivity contribution is -0.134. The average molecular weight is 258 g/mol. The monoisotopic (exact) mass is 258 g/mol. The molecular formula is C13H14N4O2. The number of benzene rings is 1. The third kappa shape index (κ3) is 3.81. The molecule has 0 heterocycles. The fourth-order valence-corrected chi connectivity index (χ4v) is 1.59. The largest absolute Gasteiger partial charge is 0.382 e. The molecule has 0 aliphatic carbocycles. The maximum absolute atomic E-state index is 11.9. The van der Waals surface area contributed by atoms with Crippen molar-refractivity contribution in [1.29, 1.82) is 0 Å². The van der Waals surface area contributed by atoms with Crippen molar-refractivity contribution in [3.8, 4) is 0 Å². The highest BCUT2D eigenvalue weighted by Crippen LogP contribution is 2.21. The van der Waals surface area contributed by atoms with Crippen LogP contribution in [0.15, 0.2) is 23.3 Å². The summed E-state index contributed by atoms with van der Waals surface area (Å²) in [6.07, 6.45) is 0.0348. The molecule has 19 heavy (non-hydrogen) atoms. The molecular weight excluding hydrogens is 244 g/mol. The second-order valence-corrected chi connectivity index (χ2v) is 4.50. The van der Waals surface area contributed by atoms with Gasteiger partial charge in [0.25, 0.3) is 0 Å². The van der Waals surface area contributed by atoms with Gasteiger partial charge in [0.15, 0.2) is 11.5 Å². The fourth-order valence-electron chi connectivity index (χ4n) is 1.59. The third-order valence-corrected chi connectivity index (χ3v) is 2.79. The first-order valence-corrected chi connectivity index (χ1v) is 5.64. The Labute approximate surface area is 111 Å². The molecule has 6 nitrogen and oxygen atoms in total. The van der Waals surface area contributed by atoms with E-state index in [2.05, 4.69) is 14.9 Å². The van der Waals surface area contributed by atoms with E-state index in [0.717, 1.165) is 11.1 Å². The first kappa shape index (κ1) is 14.7. The fraction of sp³-hybridized carbons (Fsp3) is 0.385. The van der Waals surface area contributed by atoms with Crippen molar-refractivity contribution < 1.29 is 9.90 Å². The van der Waals surface area contributed by atoms with Crippen molar-refractivity contribution in [2.45, 2.75) is 25.9 Å². The van der Waals surface area contributed by atoms with E-state index in [1.54, 1.807) is 25.1 Å². The van der Waals surface area contributed by atoms with Crippen LogP contribution in [-0.4, -0.2) is 23.0 Å². The minimum Gasteiger partial charge on any atom is -0.382 e. The molecule has 0 aliphatic heterocycles. The van der Waals surface area contributed by atoms with Gasteiger partial charge in [0.2, 0.25) is 0 Å². The summed E-state index contributed by atoms with van der Waals surface area (Å²) in [4.78, 5) is 17.8. The number of hydrogen-bond acceptors (Lipinski definition) is 3. The third-order valence-electron chi connectivity index (χ3n) is 2.79. The zero-order valence-corrected chi connectivity index (χ0v) is 10.8. The topological polar surface area (TPSA) is 90.4 Å². The van der Waals surface area contributed by atoms with E-state index in [4.69, 9.17) is 12.1 Å². The number of nitrogens with zero attached hydrogens (tertiary/aromatic N) is 4. The highest BCUT2D eigenvalue weighted by Gasteiger charge is 2.28. The van der Waals surface area contributed by atoms with E-state index >= 15 is 0 Å². The smallest absolute Gasteiger partial charge is 0.190 e. The van der Waals surface area contributed by atoms with Crippen LogP contribution in [0.3, 0.4) is 0 Å². The molecule has 6 heteroatoms. The zero-order valence-electron chi connectivity index (χ0n) is 10.8. The van der Waals surface area contributed by atoms with Gasteiger partial charge in [-0.2, -0.15) is 0 Å². The Bertz CT molecular complexity index is 581. The first-order valence-electron chi connectivity index (χ1n) is 5.64. The molecule has 0 bridgehead atoms. The number of ketones is 1. The van der Waals surface area contributed by atoms with Crippen LogP contribution in [0.4, 0.5) is 5.69 Å². The number of carbonyl (C=O) groups is 1. The number of carbonyl (C=O) groups excluding carboxylic acids is 1. The molecule has 0 saturated heterocycles. The molecule has 98 valence electrons. The maximum atomic E-state index is 11.9. The summed E-state index contributed by atoms with van der Waals surface area (Å²) in [6, 6.07) is 5.07. The van der Waals surface area contributed by atoms with Crippen LogP contribution in [0.5, 0.6) is 0 Å². The van der Waals surface area contributed by atoms with E-state index in [1.165, 1.54) is 6.92 Å². The summed E-state index contributed by atoms with van der Waals surface area (Å²) < 4.78 is 0. The standard InChI is InChI=1S/C13H14N4O2/c1-9-6-10(4-5-11(9)15-3)7-12(18)13(2,19)8-16-17-14/h4-6,19H,7-8H2,1-2H3/t13-/m0/s1. The molecule has 0 spiro atoms. The van der Waals surface area contributed by atoms with Gasteiger partial charge >= 0.3 is 0 Å². The van der Waals surface area contributed by atoms with Crippen LogP contribution in [-0.2, 0) is 11.2 Å². The van der Waals surface area contributed by atoms with E-state index in [1.807, 2.05) is 0 Å². The Morgan fingerprint density at radius 3 is 2.79 bits per heavy atom. The van der Waals surface area contributed by atoms with Gasteiger partial charge in [0.1, 0.15) is 5.60 Å². The summed E-state index contributed by atoms with van der Waals surface area (Å²) in [6.45, 7) is 9.77. The Morgan fingerprint density at radius 1 is 1.58 bits per heavy atom. The maximum Gasteiger partial charge on any atom is 0.190 e. The van der Waals surface area contributed by atoms with Gasteiger partial charge in [0, 0.05) is 11.3 Å². The molecule has 0 radical (unpaired) electrons. The minimum absolute atomic E-state index is 0.0348. The molecule has 0 fully saturated rings. The van der Waals surface area contributed by atoms with Gasteiger partial charge in [0.05, 0.1) is 13.1 Å². The van der Waals surface area contributed by atoms with E-state index in [9.17, 15) is 9.90 Å². The number of aryl methyl sites for hydroxylation is 1. The number of azide groups is 1. The molecule has 0 unspecified atom stereocenters. The van der Waals surface area contributed by atoms with E-state index in [0.29, 0.717) is 5.69 Å². The summed E-state index contributed by atoms with van der Waals surface area (Å²) >= 11 is 0.